The highest BCUT2D eigenvalue weighted by molar-refractivity contribution is 8.04. The molecular formula is C26H30N2S2. The lowest BCUT2D eigenvalue weighted by Crippen LogP contribution is -2.19. The molecule has 0 saturated carbocycles. The summed E-state index contributed by atoms with van der Waals surface area (Å²) in [6.45, 7) is 11.0. The van der Waals surface area contributed by atoms with Crippen molar-refractivity contribution in [2.45, 2.75) is 49.3 Å². The van der Waals surface area contributed by atoms with Crippen LogP contribution in [0.25, 0.3) is 0 Å². The summed E-state index contributed by atoms with van der Waals surface area (Å²) < 4.78 is 0. The molecule has 0 bridgehead atoms. The van der Waals surface area contributed by atoms with Gasteiger partial charge in [-0.15, -0.1) is 0 Å². The molecule has 0 aromatic heterocycles. The summed E-state index contributed by atoms with van der Waals surface area (Å²) >= 11 is 3.72. The normalized spacial score (nSPS) is 17.7. The lowest BCUT2D eigenvalue weighted by Gasteiger charge is -2.21. The van der Waals surface area contributed by atoms with Crippen LogP contribution in [0.4, 0.5) is 11.4 Å². The molecule has 0 aliphatic carbocycles. The minimum atomic E-state index is 1.05. The summed E-state index contributed by atoms with van der Waals surface area (Å²) in [4.78, 5) is 7.59. The van der Waals surface area contributed by atoms with Gasteiger partial charge in [0, 0.05) is 22.9 Å². The van der Waals surface area contributed by atoms with E-state index in [1.165, 1.54) is 56.9 Å². The van der Waals surface area contributed by atoms with Gasteiger partial charge in [0.05, 0.1) is 21.4 Å². The Balaban J connectivity index is 1.58. The zero-order chi connectivity index (χ0) is 20.9. The minimum Gasteiger partial charge on any atom is -0.335 e. The molecule has 0 spiro atoms. The van der Waals surface area contributed by atoms with Crippen LogP contribution in [-0.2, 0) is 0 Å². The van der Waals surface area contributed by atoms with Crippen LogP contribution in [0.2, 0.25) is 0 Å². The van der Waals surface area contributed by atoms with Crippen LogP contribution < -0.4 is 9.80 Å². The van der Waals surface area contributed by atoms with Crippen LogP contribution in [-0.4, -0.2) is 13.1 Å². The quantitative estimate of drug-likeness (QED) is 0.414. The number of rotatable bonds is 8. The lowest BCUT2D eigenvalue weighted by atomic mass is 10.2. The molecule has 0 fully saturated rings. The summed E-state index contributed by atoms with van der Waals surface area (Å²) in [7, 11) is 0. The Kier molecular flexibility index (Phi) is 6.96. The van der Waals surface area contributed by atoms with Gasteiger partial charge in [0.1, 0.15) is 0 Å². The molecule has 156 valence electrons. The molecule has 2 aliphatic rings. The second kappa shape index (κ2) is 9.84. The molecule has 0 unspecified atom stereocenters. The maximum atomic E-state index is 4.40. The van der Waals surface area contributed by atoms with Crippen molar-refractivity contribution in [2.75, 3.05) is 22.9 Å². The maximum Gasteiger partial charge on any atom is 0.0807 e. The van der Waals surface area contributed by atoms with Gasteiger partial charge in [0.25, 0.3) is 0 Å². The first-order chi connectivity index (χ1) is 14.7. The van der Waals surface area contributed by atoms with Gasteiger partial charge in [0.2, 0.25) is 0 Å². The van der Waals surface area contributed by atoms with E-state index in [4.69, 9.17) is 0 Å². The second-order valence-electron chi connectivity index (χ2n) is 7.69. The van der Waals surface area contributed by atoms with Crippen molar-refractivity contribution in [1.82, 2.24) is 0 Å². The summed E-state index contributed by atoms with van der Waals surface area (Å²) in [5.74, 6) is 0. The van der Waals surface area contributed by atoms with Crippen LogP contribution in [0.3, 0.4) is 0 Å². The summed E-state index contributed by atoms with van der Waals surface area (Å²) in [6.07, 6.45) is 9.29. The largest absolute Gasteiger partial charge is 0.335 e. The smallest absolute Gasteiger partial charge is 0.0807 e. The van der Waals surface area contributed by atoms with Gasteiger partial charge in [-0.25, -0.2) is 0 Å². The van der Waals surface area contributed by atoms with Crippen molar-refractivity contribution in [3.8, 4) is 0 Å². The van der Waals surface area contributed by atoms with Crippen LogP contribution >= 0.6 is 23.5 Å². The topological polar surface area (TPSA) is 6.48 Å². The lowest BCUT2D eigenvalue weighted by molar-refractivity contribution is 0.778. The predicted molar refractivity (Wildman–Crippen MR) is 134 cm³/mol. The molecule has 30 heavy (non-hydrogen) atoms. The standard InChI is InChI=1S/C26H30N2S2/c1-4-6-16-27-21-12-8-10-14-23(21)29-25(27)18-20(3)19-26-28(17-7-5-2)22-13-9-11-15-24(22)30-26/h8-15,18-19H,3-7,16-17H2,1-2H3/b25-18-,26-19-. The molecule has 4 rings (SSSR count). The molecule has 4 heteroatoms. The summed E-state index contributed by atoms with van der Waals surface area (Å²) in [5.41, 5.74) is 3.72. The number of para-hydroxylation sites is 2. The number of nitrogens with zero attached hydrogens (tertiary/aromatic N) is 2. The Morgan fingerprint density at radius 3 is 1.63 bits per heavy atom. The Morgan fingerprint density at radius 2 is 1.20 bits per heavy atom. The molecule has 0 N–H and O–H groups in total. The third-order valence-corrected chi connectivity index (χ3v) is 7.59. The Bertz CT molecular complexity index is 899. The highest BCUT2D eigenvalue weighted by Crippen LogP contribution is 2.48. The van der Waals surface area contributed by atoms with Gasteiger partial charge in [0.15, 0.2) is 0 Å². The number of unbranched alkanes of at least 4 members (excludes halogenated alkanes) is 2. The number of benzene rings is 2. The molecule has 0 amide bonds. The van der Waals surface area contributed by atoms with E-state index in [9.17, 15) is 0 Å². The van der Waals surface area contributed by atoms with E-state index >= 15 is 0 Å². The zero-order valence-electron chi connectivity index (χ0n) is 17.9. The van der Waals surface area contributed by atoms with E-state index in [-0.39, 0.29) is 0 Å². The monoisotopic (exact) mass is 434 g/mol. The molecule has 0 atom stereocenters. The predicted octanol–water partition coefficient (Wildman–Crippen LogP) is 8.05. The average Bonchev–Trinajstić information content (AvgIpc) is 3.27. The highest BCUT2D eigenvalue weighted by atomic mass is 32.2. The molecule has 2 aromatic carbocycles. The third kappa shape index (κ3) is 4.50. The number of thioether (sulfide) groups is 2. The molecule has 2 nitrogen and oxygen atoms in total. The molecule has 2 heterocycles. The molecule has 2 aromatic rings. The Labute approximate surface area is 189 Å². The van der Waals surface area contributed by atoms with Gasteiger partial charge in [-0.3, -0.25) is 0 Å². The van der Waals surface area contributed by atoms with E-state index in [0.717, 1.165) is 18.7 Å². The van der Waals surface area contributed by atoms with E-state index in [2.05, 4.69) is 90.9 Å². The van der Waals surface area contributed by atoms with Gasteiger partial charge in [-0.1, -0.05) is 81.1 Å². The van der Waals surface area contributed by atoms with E-state index < -0.39 is 0 Å². The first-order valence-electron chi connectivity index (χ1n) is 10.9. The fourth-order valence-electron chi connectivity index (χ4n) is 3.77. The number of fused-ring (bicyclic) bond motifs is 2. The van der Waals surface area contributed by atoms with E-state index in [1.54, 1.807) is 0 Å². The van der Waals surface area contributed by atoms with Crippen LogP contribution in [0, 0.1) is 0 Å². The third-order valence-electron chi connectivity index (χ3n) is 5.36. The molecular weight excluding hydrogens is 404 g/mol. The summed E-state index contributed by atoms with van der Waals surface area (Å²) in [5, 5.41) is 2.57. The zero-order valence-corrected chi connectivity index (χ0v) is 19.6. The average molecular weight is 435 g/mol. The van der Waals surface area contributed by atoms with Crippen LogP contribution in [0.15, 0.2) is 92.7 Å². The summed E-state index contributed by atoms with van der Waals surface area (Å²) in [6, 6.07) is 17.4. The van der Waals surface area contributed by atoms with Crippen LogP contribution in [0.1, 0.15) is 39.5 Å². The SMILES string of the molecule is C=C(/C=C1\Sc2ccccc2N1CCCC)/C=C1\Sc2ccccc2N1CCCC. The molecule has 0 radical (unpaired) electrons. The Hall–Kier alpha value is -2.04. The van der Waals surface area contributed by atoms with Crippen molar-refractivity contribution >= 4 is 34.9 Å². The van der Waals surface area contributed by atoms with Crippen molar-refractivity contribution in [3.05, 3.63) is 82.9 Å². The van der Waals surface area contributed by atoms with Crippen molar-refractivity contribution in [3.63, 3.8) is 0 Å². The van der Waals surface area contributed by atoms with E-state index in [0.29, 0.717) is 0 Å². The van der Waals surface area contributed by atoms with E-state index in [1.807, 2.05) is 23.5 Å². The molecule has 2 aliphatic heterocycles. The highest BCUT2D eigenvalue weighted by Gasteiger charge is 2.26. The first-order valence-corrected chi connectivity index (χ1v) is 12.6. The fraction of sp³-hybridized carbons (Fsp3) is 0.308. The minimum absolute atomic E-state index is 1.05. The van der Waals surface area contributed by atoms with Crippen molar-refractivity contribution in [2.24, 2.45) is 0 Å². The fourth-order valence-corrected chi connectivity index (χ4v) is 6.10. The second-order valence-corrected chi connectivity index (χ2v) is 9.81. The van der Waals surface area contributed by atoms with Crippen molar-refractivity contribution in [1.29, 1.82) is 0 Å². The Morgan fingerprint density at radius 1 is 0.767 bits per heavy atom. The van der Waals surface area contributed by atoms with Gasteiger partial charge >= 0.3 is 0 Å². The van der Waals surface area contributed by atoms with Crippen molar-refractivity contribution < 1.29 is 0 Å². The number of hydrogen-bond acceptors (Lipinski definition) is 4. The number of anilines is 2. The first kappa shape index (κ1) is 21.2. The van der Waals surface area contributed by atoms with Gasteiger partial charge in [-0.05, 0) is 54.8 Å². The number of allylic oxidation sites excluding steroid dienone is 3. The molecule has 0 saturated heterocycles. The maximum absolute atomic E-state index is 4.40. The van der Waals surface area contributed by atoms with Gasteiger partial charge in [-0.2, -0.15) is 0 Å². The van der Waals surface area contributed by atoms with Crippen LogP contribution in [0.5, 0.6) is 0 Å². The number of hydrogen-bond donors (Lipinski definition) is 0. The van der Waals surface area contributed by atoms with Gasteiger partial charge < -0.3 is 9.80 Å².